The van der Waals surface area contributed by atoms with Gasteiger partial charge in [-0.05, 0) is 30.2 Å². The molecule has 0 atom stereocenters. The Balaban J connectivity index is 2.05. The molecular formula is C13H15FN4O2S. The Kier molecular flexibility index (Phi) is 3.29. The van der Waals surface area contributed by atoms with E-state index in [0.717, 1.165) is 23.3 Å². The van der Waals surface area contributed by atoms with Crippen LogP contribution in [-0.4, -0.2) is 40.8 Å². The maximum absolute atomic E-state index is 13.3. The summed E-state index contributed by atoms with van der Waals surface area (Å²) in [5, 5.41) is 8.20. The second-order valence-electron chi connectivity index (χ2n) is 5.16. The number of hydrogen-bond donors (Lipinski definition) is 0. The van der Waals surface area contributed by atoms with E-state index in [1.54, 1.807) is 6.07 Å². The number of aromatic nitrogens is 3. The summed E-state index contributed by atoms with van der Waals surface area (Å²) in [5.41, 5.74) is 1.70. The van der Waals surface area contributed by atoms with Crippen LogP contribution in [0.5, 0.6) is 0 Å². The molecule has 0 saturated carbocycles. The lowest BCUT2D eigenvalue weighted by Crippen LogP contribution is -2.27. The van der Waals surface area contributed by atoms with Crippen molar-refractivity contribution in [3.63, 3.8) is 0 Å². The van der Waals surface area contributed by atoms with Gasteiger partial charge in [-0.1, -0.05) is 0 Å². The second kappa shape index (κ2) is 4.88. The van der Waals surface area contributed by atoms with Gasteiger partial charge in [0.2, 0.25) is 10.0 Å². The Labute approximate surface area is 122 Å². The zero-order valence-corrected chi connectivity index (χ0v) is 12.6. The summed E-state index contributed by atoms with van der Waals surface area (Å²) in [6.45, 7) is 0.128. The van der Waals surface area contributed by atoms with Gasteiger partial charge in [-0.2, -0.15) is 4.31 Å². The van der Waals surface area contributed by atoms with E-state index in [1.165, 1.54) is 23.5 Å². The van der Waals surface area contributed by atoms with Crippen molar-refractivity contribution in [2.24, 2.45) is 0 Å². The number of nitrogens with zero attached hydrogens (tertiary/aromatic N) is 4. The van der Waals surface area contributed by atoms with Crippen LogP contribution in [0.15, 0.2) is 18.2 Å². The van der Waals surface area contributed by atoms with E-state index in [0.29, 0.717) is 18.7 Å². The number of hydrogen-bond acceptors (Lipinski definition) is 4. The van der Waals surface area contributed by atoms with Crippen LogP contribution in [0.1, 0.15) is 17.2 Å². The van der Waals surface area contributed by atoms with Crippen LogP contribution in [-0.2, 0) is 29.4 Å². The molecule has 1 aromatic carbocycles. The molecule has 0 bridgehead atoms. The predicted molar refractivity (Wildman–Crippen MR) is 75.0 cm³/mol. The molecule has 2 aromatic rings. The molecule has 1 aromatic heterocycles. The first-order chi connectivity index (χ1) is 9.86. The average molecular weight is 310 g/mol. The van der Waals surface area contributed by atoms with Gasteiger partial charge in [-0.3, -0.25) is 4.57 Å². The first-order valence-corrected chi connectivity index (χ1v) is 8.34. The molecule has 1 aliphatic rings. The quantitative estimate of drug-likeness (QED) is 0.844. The van der Waals surface area contributed by atoms with E-state index in [9.17, 15) is 12.8 Å². The molecule has 0 aliphatic carbocycles. The van der Waals surface area contributed by atoms with Crippen LogP contribution in [0, 0.1) is 5.82 Å². The monoisotopic (exact) mass is 310 g/mol. The van der Waals surface area contributed by atoms with Crippen LogP contribution in [0.25, 0.3) is 5.69 Å². The molecule has 0 unspecified atom stereocenters. The molecule has 0 fully saturated rings. The highest BCUT2D eigenvalue weighted by molar-refractivity contribution is 7.88. The molecule has 0 amide bonds. The average Bonchev–Trinajstić information content (AvgIpc) is 2.80. The predicted octanol–water partition coefficient (Wildman–Crippen LogP) is 0.896. The van der Waals surface area contributed by atoms with Crippen LogP contribution >= 0.6 is 0 Å². The lowest BCUT2D eigenvalue weighted by Gasteiger charge is -2.21. The van der Waals surface area contributed by atoms with Crippen LogP contribution in [0.2, 0.25) is 0 Å². The highest BCUT2D eigenvalue weighted by Gasteiger charge is 2.23. The molecule has 112 valence electrons. The van der Waals surface area contributed by atoms with Crippen LogP contribution < -0.4 is 0 Å². The summed E-state index contributed by atoms with van der Waals surface area (Å²) in [4.78, 5) is 0. The number of aryl methyl sites for hydroxylation is 2. The number of benzene rings is 1. The van der Waals surface area contributed by atoms with Gasteiger partial charge >= 0.3 is 0 Å². The highest BCUT2D eigenvalue weighted by Crippen LogP contribution is 2.26. The maximum atomic E-state index is 13.3. The summed E-state index contributed by atoms with van der Waals surface area (Å²) in [6, 6.07) is 4.57. The minimum absolute atomic E-state index is 0.128. The Morgan fingerprint density at radius 2 is 2.10 bits per heavy atom. The molecule has 8 heteroatoms. The van der Waals surface area contributed by atoms with Gasteiger partial charge in [0.1, 0.15) is 11.6 Å². The Morgan fingerprint density at radius 1 is 1.33 bits per heavy atom. The van der Waals surface area contributed by atoms with Crippen LogP contribution in [0.4, 0.5) is 4.39 Å². The van der Waals surface area contributed by atoms with Crippen molar-refractivity contribution in [1.82, 2.24) is 19.1 Å². The van der Waals surface area contributed by atoms with E-state index in [-0.39, 0.29) is 12.4 Å². The Morgan fingerprint density at radius 3 is 2.81 bits per heavy atom. The molecule has 21 heavy (non-hydrogen) atoms. The zero-order chi connectivity index (χ0) is 15.2. The second-order valence-corrected chi connectivity index (χ2v) is 7.25. The van der Waals surface area contributed by atoms with Gasteiger partial charge in [0.15, 0.2) is 5.82 Å². The largest absolute Gasteiger partial charge is 0.282 e. The third-order valence-corrected chi connectivity index (χ3v) is 4.89. The molecule has 0 radical (unpaired) electrons. The third-order valence-electron chi connectivity index (χ3n) is 3.63. The van der Waals surface area contributed by atoms with E-state index in [1.807, 2.05) is 4.57 Å². The van der Waals surface area contributed by atoms with E-state index < -0.39 is 10.0 Å². The molecule has 2 heterocycles. The normalized spacial score (nSPS) is 14.1. The number of sulfonamides is 1. The van der Waals surface area contributed by atoms with Gasteiger partial charge in [0, 0.05) is 13.5 Å². The Hall–Kier alpha value is -1.80. The van der Waals surface area contributed by atoms with Crippen molar-refractivity contribution < 1.29 is 12.8 Å². The van der Waals surface area contributed by atoms with Crippen molar-refractivity contribution in [3.8, 4) is 5.69 Å². The Bertz CT molecular complexity index is 800. The van der Waals surface area contributed by atoms with Crippen molar-refractivity contribution in [2.75, 3.05) is 13.3 Å². The van der Waals surface area contributed by atoms with Gasteiger partial charge in [0.25, 0.3) is 0 Å². The van der Waals surface area contributed by atoms with Gasteiger partial charge in [0.05, 0.1) is 18.5 Å². The van der Waals surface area contributed by atoms with E-state index in [4.69, 9.17) is 0 Å². The number of halogens is 1. The minimum atomic E-state index is -3.30. The molecule has 3 rings (SSSR count). The summed E-state index contributed by atoms with van der Waals surface area (Å²) >= 11 is 0. The lowest BCUT2D eigenvalue weighted by molar-refractivity contribution is 0.457. The van der Waals surface area contributed by atoms with E-state index in [2.05, 4.69) is 10.2 Å². The first-order valence-electron chi connectivity index (χ1n) is 6.49. The van der Waals surface area contributed by atoms with Crippen LogP contribution in [0.3, 0.4) is 0 Å². The fourth-order valence-electron chi connectivity index (χ4n) is 2.43. The maximum Gasteiger partial charge on any atom is 0.211 e. The summed E-state index contributed by atoms with van der Waals surface area (Å²) < 4.78 is 39.4. The fourth-order valence-corrected chi connectivity index (χ4v) is 2.78. The van der Waals surface area contributed by atoms with Crippen molar-refractivity contribution in [2.45, 2.75) is 19.4 Å². The van der Waals surface area contributed by atoms with Crippen molar-refractivity contribution in [1.29, 1.82) is 0 Å². The molecule has 1 aliphatic heterocycles. The summed E-state index contributed by atoms with van der Waals surface area (Å²) in [6.07, 6.45) is 2.50. The van der Waals surface area contributed by atoms with Crippen molar-refractivity contribution >= 4 is 10.0 Å². The fraction of sp³-hybridized carbons (Fsp3) is 0.385. The summed E-state index contributed by atoms with van der Waals surface area (Å²) in [7, 11) is -1.81. The van der Waals surface area contributed by atoms with Gasteiger partial charge in [-0.25, -0.2) is 12.8 Å². The molecule has 0 N–H and O–H groups in total. The molecule has 6 nitrogen and oxygen atoms in total. The summed E-state index contributed by atoms with van der Waals surface area (Å²) in [5.74, 6) is 1.02. The minimum Gasteiger partial charge on any atom is -0.282 e. The smallest absolute Gasteiger partial charge is 0.211 e. The number of rotatable bonds is 3. The zero-order valence-electron chi connectivity index (χ0n) is 11.7. The lowest BCUT2D eigenvalue weighted by atomic mass is 10.0. The van der Waals surface area contributed by atoms with E-state index >= 15 is 0 Å². The molecular weight excluding hydrogens is 295 g/mol. The first kappa shape index (κ1) is 14.2. The topological polar surface area (TPSA) is 68.1 Å². The third kappa shape index (κ3) is 2.56. The molecule has 0 spiro atoms. The number of fused-ring (bicyclic) bond motifs is 3. The highest BCUT2D eigenvalue weighted by atomic mass is 32.2. The standard InChI is InChI=1S/C13H15FN4O2S/c1-17(21(2,19)20)8-13-16-15-12-6-3-9-7-10(14)4-5-11(9)18(12)13/h4-5,7H,3,6,8H2,1-2H3. The van der Waals surface area contributed by atoms with Crippen molar-refractivity contribution in [3.05, 3.63) is 41.2 Å². The molecule has 0 saturated heterocycles. The van der Waals surface area contributed by atoms with Gasteiger partial charge in [-0.15, -0.1) is 10.2 Å². The van der Waals surface area contributed by atoms with Gasteiger partial charge < -0.3 is 0 Å². The SMILES string of the molecule is CN(Cc1nnc2n1-c1ccc(F)cc1CC2)S(C)(=O)=O.